The number of nitrogens with zero attached hydrogens (tertiary/aromatic N) is 1. The normalized spacial score (nSPS) is 10.2. The molecule has 9 heteroatoms. The standard InChI is InChI=1S/C16H12Cl2N2O5/c1-9-6-11(20(23)24)3-5-14(9)19-15(21)8-25-16(22)12-4-2-10(17)7-13(12)18/h2-7H,8H2,1H3,(H,19,21). The van der Waals surface area contributed by atoms with Crippen LogP contribution in [0.2, 0.25) is 10.0 Å². The number of nitro groups is 1. The molecule has 0 aliphatic heterocycles. The Balaban J connectivity index is 1.96. The first-order chi connectivity index (χ1) is 11.8. The summed E-state index contributed by atoms with van der Waals surface area (Å²) < 4.78 is 4.90. The molecule has 0 aromatic heterocycles. The van der Waals surface area contributed by atoms with Crippen LogP contribution in [-0.2, 0) is 9.53 Å². The Kier molecular flexibility index (Phi) is 5.95. The van der Waals surface area contributed by atoms with Gasteiger partial charge in [-0.3, -0.25) is 14.9 Å². The molecule has 0 atom stereocenters. The van der Waals surface area contributed by atoms with Crippen LogP contribution in [0.3, 0.4) is 0 Å². The fourth-order valence-electron chi connectivity index (χ4n) is 1.95. The number of amides is 1. The molecule has 0 saturated heterocycles. The third-order valence-corrected chi connectivity index (χ3v) is 3.73. The summed E-state index contributed by atoms with van der Waals surface area (Å²) in [4.78, 5) is 34.0. The van der Waals surface area contributed by atoms with E-state index in [1.165, 1.54) is 36.4 Å². The van der Waals surface area contributed by atoms with E-state index in [4.69, 9.17) is 27.9 Å². The van der Waals surface area contributed by atoms with E-state index in [9.17, 15) is 19.7 Å². The number of carbonyl (C=O) groups is 2. The predicted octanol–water partition coefficient (Wildman–Crippen LogP) is 4.01. The summed E-state index contributed by atoms with van der Waals surface area (Å²) in [6.07, 6.45) is 0. The minimum atomic E-state index is -0.766. The zero-order valence-corrected chi connectivity index (χ0v) is 14.4. The Hall–Kier alpha value is -2.64. The van der Waals surface area contributed by atoms with E-state index in [0.717, 1.165) is 0 Å². The first-order valence-electron chi connectivity index (χ1n) is 6.95. The van der Waals surface area contributed by atoms with E-state index in [0.29, 0.717) is 16.3 Å². The number of anilines is 1. The highest BCUT2D eigenvalue weighted by molar-refractivity contribution is 6.36. The number of halogens is 2. The van der Waals surface area contributed by atoms with E-state index in [1.807, 2.05) is 0 Å². The molecule has 0 saturated carbocycles. The van der Waals surface area contributed by atoms with Crippen LogP contribution in [-0.4, -0.2) is 23.4 Å². The van der Waals surface area contributed by atoms with Crippen molar-refractivity contribution in [2.45, 2.75) is 6.92 Å². The van der Waals surface area contributed by atoms with Gasteiger partial charge in [0.1, 0.15) is 0 Å². The molecule has 0 heterocycles. The summed E-state index contributed by atoms with van der Waals surface area (Å²) in [6.45, 7) is 1.08. The van der Waals surface area contributed by atoms with Crippen molar-refractivity contribution in [3.8, 4) is 0 Å². The average Bonchev–Trinajstić information content (AvgIpc) is 2.54. The van der Waals surface area contributed by atoms with Gasteiger partial charge in [-0.15, -0.1) is 0 Å². The van der Waals surface area contributed by atoms with Crippen molar-refractivity contribution in [3.63, 3.8) is 0 Å². The van der Waals surface area contributed by atoms with Gasteiger partial charge in [-0.25, -0.2) is 4.79 Å². The number of hydrogen-bond acceptors (Lipinski definition) is 5. The van der Waals surface area contributed by atoms with Crippen LogP contribution in [0, 0.1) is 17.0 Å². The number of aryl methyl sites for hydroxylation is 1. The number of benzene rings is 2. The maximum absolute atomic E-state index is 11.9. The molecule has 130 valence electrons. The molecular formula is C16H12Cl2N2O5. The van der Waals surface area contributed by atoms with Crippen LogP contribution in [0.5, 0.6) is 0 Å². The summed E-state index contributed by atoms with van der Waals surface area (Å²) in [5.74, 6) is -1.35. The lowest BCUT2D eigenvalue weighted by atomic mass is 10.2. The van der Waals surface area contributed by atoms with E-state index >= 15 is 0 Å². The minimum Gasteiger partial charge on any atom is -0.452 e. The molecular weight excluding hydrogens is 371 g/mol. The van der Waals surface area contributed by atoms with Gasteiger partial charge in [-0.1, -0.05) is 23.2 Å². The fraction of sp³-hybridized carbons (Fsp3) is 0.125. The summed E-state index contributed by atoms with van der Waals surface area (Å²) in [6, 6.07) is 8.26. The summed E-state index contributed by atoms with van der Waals surface area (Å²) in [5.41, 5.74) is 0.899. The molecule has 2 aromatic rings. The first-order valence-corrected chi connectivity index (χ1v) is 7.70. The number of nitro benzene ring substituents is 1. The monoisotopic (exact) mass is 382 g/mol. The molecule has 2 aromatic carbocycles. The molecule has 1 N–H and O–H groups in total. The number of carbonyl (C=O) groups excluding carboxylic acids is 2. The molecule has 0 bridgehead atoms. The largest absolute Gasteiger partial charge is 0.452 e. The van der Waals surface area contributed by atoms with Crippen molar-refractivity contribution in [1.82, 2.24) is 0 Å². The number of hydrogen-bond donors (Lipinski definition) is 1. The number of ether oxygens (including phenoxy) is 1. The van der Waals surface area contributed by atoms with Crippen molar-refractivity contribution in [3.05, 3.63) is 67.7 Å². The second-order valence-corrected chi connectivity index (χ2v) is 5.85. The van der Waals surface area contributed by atoms with Crippen LogP contribution in [0.15, 0.2) is 36.4 Å². The molecule has 0 unspecified atom stereocenters. The molecule has 25 heavy (non-hydrogen) atoms. The van der Waals surface area contributed by atoms with Gasteiger partial charge in [0.05, 0.1) is 15.5 Å². The Morgan fingerprint density at radius 1 is 1.20 bits per heavy atom. The van der Waals surface area contributed by atoms with E-state index in [2.05, 4.69) is 5.32 Å². The summed E-state index contributed by atoms with van der Waals surface area (Å²) in [5, 5.41) is 13.7. The SMILES string of the molecule is Cc1cc([N+](=O)[O-])ccc1NC(=O)COC(=O)c1ccc(Cl)cc1Cl. The topological polar surface area (TPSA) is 98.5 Å². The molecule has 1 amide bonds. The van der Waals surface area contributed by atoms with E-state index < -0.39 is 23.4 Å². The van der Waals surface area contributed by atoms with Crippen molar-refractivity contribution in [2.75, 3.05) is 11.9 Å². The van der Waals surface area contributed by atoms with Gasteiger partial charge in [0.2, 0.25) is 0 Å². The second-order valence-electron chi connectivity index (χ2n) is 5.00. The Morgan fingerprint density at radius 3 is 2.52 bits per heavy atom. The fourth-order valence-corrected chi connectivity index (χ4v) is 2.44. The van der Waals surface area contributed by atoms with E-state index in [-0.39, 0.29) is 16.3 Å². The second kappa shape index (κ2) is 7.96. The van der Waals surface area contributed by atoms with Crippen LogP contribution in [0.1, 0.15) is 15.9 Å². The number of esters is 1. The minimum absolute atomic E-state index is 0.0840. The van der Waals surface area contributed by atoms with Crippen LogP contribution in [0.25, 0.3) is 0 Å². The number of non-ortho nitro benzene ring substituents is 1. The highest BCUT2D eigenvalue weighted by Gasteiger charge is 2.15. The van der Waals surface area contributed by atoms with Gasteiger partial charge in [-0.2, -0.15) is 0 Å². The molecule has 0 aliphatic rings. The maximum Gasteiger partial charge on any atom is 0.340 e. The summed E-state index contributed by atoms with van der Waals surface area (Å²) >= 11 is 11.6. The van der Waals surface area contributed by atoms with Gasteiger partial charge in [0.25, 0.3) is 11.6 Å². The Labute approximate surface area is 152 Å². The third kappa shape index (κ3) is 4.91. The number of rotatable bonds is 5. The average molecular weight is 383 g/mol. The summed E-state index contributed by atoms with van der Waals surface area (Å²) in [7, 11) is 0. The number of nitrogens with one attached hydrogen (secondary N) is 1. The van der Waals surface area contributed by atoms with Gasteiger partial charge < -0.3 is 10.1 Å². The van der Waals surface area contributed by atoms with Crippen molar-refractivity contribution in [2.24, 2.45) is 0 Å². The van der Waals surface area contributed by atoms with Crippen LogP contribution >= 0.6 is 23.2 Å². The highest BCUT2D eigenvalue weighted by Crippen LogP contribution is 2.22. The molecule has 2 rings (SSSR count). The first kappa shape index (κ1) is 18.7. The predicted molar refractivity (Wildman–Crippen MR) is 93.2 cm³/mol. The Morgan fingerprint density at radius 2 is 1.92 bits per heavy atom. The van der Waals surface area contributed by atoms with Crippen molar-refractivity contribution < 1.29 is 19.2 Å². The molecule has 0 fully saturated rings. The maximum atomic E-state index is 11.9. The van der Waals surface area contributed by atoms with Gasteiger partial charge in [0, 0.05) is 22.8 Å². The molecule has 0 radical (unpaired) electrons. The zero-order valence-electron chi connectivity index (χ0n) is 12.9. The third-order valence-electron chi connectivity index (χ3n) is 3.18. The molecule has 0 spiro atoms. The Bertz CT molecular complexity index is 854. The lowest BCUT2D eigenvalue weighted by Crippen LogP contribution is -2.21. The van der Waals surface area contributed by atoms with Crippen LogP contribution < -0.4 is 5.32 Å². The van der Waals surface area contributed by atoms with Crippen molar-refractivity contribution in [1.29, 1.82) is 0 Å². The zero-order chi connectivity index (χ0) is 18.6. The van der Waals surface area contributed by atoms with Gasteiger partial charge in [0.15, 0.2) is 6.61 Å². The lowest BCUT2D eigenvalue weighted by molar-refractivity contribution is -0.384. The van der Waals surface area contributed by atoms with Crippen LogP contribution in [0.4, 0.5) is 11.4 Å². The molecule has 7 nitrogen and oxygen atoms in total. The van der Waals surface area contributed by atoms with Gasteiger partial charge >= 0.3 is 5.97 Å². The van der Waals surface area contributed by atoms with Gasteiger partial charge in [-0.05, 0) is 36.8 Å². The molecule has 0 aliphatic carbocycles. The lowest BCUT2D eigenvalue weighted by Gasteiger charge is -2.09. The highest BCUT2D eigenvalue weighted by atomic mass is 35.5. The smallest absolute Gasteiger partial charge is 0.340 e. The quantitative estimate of drug-likeness (QED) is 0.478. The van der Waals surface area contributed by atoms with Crippen molar-refractivity contribution >= 4 is 46.5 Å². The van der Waals surface area contributed by atoms with E-state index in [1.54, 1.807) is 6.92 Å².